The van der Waals surface area contributed by atoms with Crippen LogP contribution in [0.1, 0.15) is 0 Å². The molecule has 1 rings (SSSR count). The van der Waals surface area contributed by atoms with Crippen LogP contribution in [0, 0.1) is 0 Å². The van der Waals surface area contributed by atoms with Gasteiger partial charge in [-0.25, -0.2) is 4.79 Å². The van der Waals surface area contributed by atoms with Gasteiger partial charge in [-0.05, 0) is 24.4 Å². The standard InChI is InChI=1S/C10H13N3O/c11-7-4-8-12-10(14)13-9-5-2-1-3-6-9/h1-7H,8,11H2,(H2,12,13,14). The first-order valence-corrected chi connectivity index (χ1v) is 4.29. The van der Waals surface area contributed by atoms with E-state index in [9.17, 15) is 4.79 Å². The molecule has 0 bridgehead atoms. The first-order valence-electron chi connectivity index (χ1n) is 4.29. The van der Waals surface area contributed by atoms with Gasteiger partial charge in [-0.3, -0.25) is 0 Å². The number of urea groups is 1. The van der Waals surface area contributed by atoms with Gasteiger partial charge in [0, 0.05) is 12.2 Å². The lowest BCUT2D eigenvalue weighted by atomic mass is 10.3. The van der Waals surface area contributed by atoms with Gasteiger partial charge in [0.25, 0.3) is 0 Å². The average molecular weight is 191 g/mol. The Kier molecular flexibility index (Phi) is 4.07. The maximum absolute atomic E-state index is 11.2. The third kappa shape index (κ3) is 3.62. The van der Waals surface area contributed by atoms with Crippen LogP contribution in [0.3, 0.4) is 0 Å². The summed E-state index contributed by atoms with van der Waals surface area (Å²) in [4.78, 5) is 11.2. The Labute approximate surface area is 82.8 Å². The third-order valence-electron chi connectivity index (χ3n) is 1.55. The van der Waals surface area contributed by atoms with Gasteiger partial charge in [0.1, 0.15) is 0 Å². The Bertz CT molecular complexity index is 308. The molecule has 14 heavy (non-hydrogen) atoms. The van der Waals surface area contributed by atoms with E-state index in [1.54, 1.807) is 6.08 Å². The van der Waals surface area contributed by atoms with Crippen molar-refractivity contribution in [1.82, 2.24) is 5.32 Å². The number of carbonyl (C=O) groups excluding carboxylic acids is 1. The number of nitrogens with two attached hydrogens (primary N) is 1. The molecule has 0 heterocycles. The molecule has 0 radical (unpaired) electrons. The number of anilines is 1. The Morgan fingerprint density at radius 1 is 1.36 bits per heavy atom. The summed E-state index contributed by atoms with van der Waals surface area (Å²) >= 11 is 0. The minimum atomic E-state index is -0.241. The van der Waals surface area contributed by atoms with E-state index in [-0.39, 0.29) is 6.03 Å². The molecule has 4 N–H and O–H groups in total. The molecule has 74 valence electrons. The Hall–Kier alpha value is -1.97. The fourth-order valence-electron chi connectivity index (χ4n) is 0.916. The van der Waals surface area contributed by atoms with E-state index in [0.717, 1.165) is 5.69 Å². The molecule has 0 aliphatic heterocycles. The lowest BCUT2D eigenvalue weighted by Crippen LogP contribution is -2.28. The third-order valence-corrected chi connectivity index (χ3v) is 1.55. The van der Waals surface area contributed by atoms with Gasteiger partial charge >= 0.3 is 6.03 Å². The van der Waals surface area contributed by atoms with Gasteiger partial charge in [0.15, 0.2) is 0 Å². The predicted octanol–water partition coefficient (Wildman–Crippen LogP) is 1.28. The summed E-state index contributed by atoms with van der Waals surface area (Å²) in [5.74, 6) is 0. The number of rotatable bonds is 3. The zero-order valence-corrected chi connectivity index (χ0v) is 7.73. The lowest BCUT2D eigenvalue weighted by molar-refractivity contribution is 0.253. The van der Waals surface area contributed by atoms with E-state index >= 15 is 0 Å². The van der Waals surface area contributed by atoms with Crippen LogP contribution in [0.4, 0.5) is 10.5 Å². The summed E-state index contributed by atoms with van der Waals surface area (Å²) in [5, 5.41) is 5.29. The zero-order valence-electron chi connectivity index (χ0n) is 7.73. The Morgan fingerprint density at radius 3 is 2.71 bits per heavy atom. The first-order chi connectivity index (χ1) is 6.83. The molecule has 0 fully saturated rings. The first kappa shape index (κ1) is 10.1. The van der Waals surface area contributed by atoms with Gasteiger partial charge in [-0.2, -0.15) is 0 Å². The van der Waals surface area contributed by atoms with Crippen molar-refractivity contribution < 1.29 is 4.79 Å². The van der Waals surface area contributed by atoms with E-state index in [4.69, 9.17) is 5.73 Å². The van der Waals surface area contributed by atoms with Crippen molar-refractivity contribution in [2.24, 2.45) is 5.73 Å². The van der Waals surface area contributed by atoms with Crippen molar-refractivity contribution in [3.63, 3.8) is 0 Å². The maximum Gasteiger partial charge on any atom is 0.319 e. The molecule has 1 aromatic carbocycles. The van der Waals surface area contributed by atoms with Crippen LogP contribution in [0.5, 0.6) is 0 Å². The van der Waals surface area contributed by atoms with Crippen LogP contribution in [0.25, 0.3) is 0 Å². The van der Waals surface area contributed by atoms with Crippen LogP contribution in [0.2, 0.25) is 0 Å². The SMILES string of the molecule is NC=CCNC(=O)Nc1ccccc1. The lowest BCUT2D eigenvalue weighted by Gasteiger charge is -2.04. The van der Waals surface area contributed by atoms with E-state index in [1.165, 1.54) is 6.20 Å². The van der Waals surface area contributed by atoms with E-state index < -0.39 is 0 Å². The number of para-hydroxylation sites is 1. The molecule has 4 nitrogen and oxygen atoms in total. The molecule has 0 saturated heterocycles. The number of carbonyl (C=O) groups is 1. The number of hydrogen-bond donors (Lipinski definition) is 3. The highest BCUT2D eigenvalue weighted by atomic mass is 16.2. The number of hydrogen-bond acceptors (Lipinski definition) is 2. The van der Waals surface area contributed by atoms with Gasteiger partial charge in [-0.15, -0.1) is 0 Å². The highest BCUT2D eigenvalue weighted by Crippen LogP contribution is 2.03. The Balaban J connectivity index is 2.34. The van der Waals surface area contributed by atoms with Gasteiger partial charge in [0.2, 0.25) is 0 Å². The fraction of sp³-hybridized carbons (Fsp3) is 0.100. The molecule has 0 aliphatic rings. The van der Waals surface area contributed by atoms with Crippen molar-refractivity contribution in [2.45, 2.75) is 0 Å². The topological polar surface area (TPSA) is 67.1 Å². The smallest absolute Gasteiger partial charge is 0.319 e. The second-order valence-electron chi connectivity index (χ2n) is 2.63. The van der Waals surface area contributed by atoms with Crippen LogP contribution >= 0.6 is 0 Å². The summed E-state index contributed by atoms with van der Waals surface area (Å²) in [5.41, 5.74) is 5.88. The molecule has 0 aromatic heterocycles. The Morgan fingerprint density at radius 2 is 2.07 bits per heavy atom. The molecule has 0 saturated carbocycles. The second-order valence-corrected chi connectivity index (χ2v) is 2.63. The highest BCUT2D eigenvalue weighted by molar-refractivity contribution is 5.89. The normalized spacial score (nSPS) is 10.0. The van der Waals surface area contributed by atoms with Crippen LogP contribution in [0.15, 0.2) is 42.6 Å². The average Bonchev–Trinajstić information content (AvgIpc) is 2.20. The summed E-state index contributed by atoms with van der Waals surface area (Å²) in [6, 6.07) is 9.00. The van der Waals surface area contributed by atoms with Crippen molar-refractivity contribution >= 4 is 11.7 Å². The number of nitrogens with one attached hydrogen (secondary N) is 2. The molecular formula is C10H13N3O. The van der Waals surface area contributed by atoms with E-state index in [1.807, 2.05) is 30.3 Å². The van der Waals surface area contributed by atoms with E-state index in [0.29, 0.717) is 6.54 Å². The number of amides is 2. The molecule has 0 spiro atoms. The monoisotopic (exact) mass is 191 g/mol. The zero-order chi connectivity index (χ0) is 10.2. The van der Waals surface area contributed by atoms with Gasteiger partial charge in [0.05, 0.1) is 0 Å². The largest absolute Gasteiger partial charge is 0.405 e. The van der Waals surface area contributed by atoms with Gasteiger partial charge < -0.3 is 16.4 Å². The van der Waals surface area contributed by atoms with Crippen LogP contribution in [-0.2, 0) is 0 Å². The highest BCUT2D eigenvalue weighted by Gasteiger charge is 1.97. The van der Waals surface area contributed by atoms with Crippen LogP contribution in [-0.4, -0.2) is 12.6 Å². The summed E-state index contributed by atoms with van der Waals surface area (Å²) < 4.78 is 0. The summed E-state index contributed by atoms with van der Waals surface area (Å²) in [6.45, 7) is 0.426. The minimum Gasteiger partial charge on any atom is -0.405 e. The maximum atomic E-state index is 11.2. The van der Waals surface area contributed by atoms with Crippen molar-refractivity contribution in [2.75, 3.05) is 11.9 Å². The van der Waals surface area contributed by atoms with Crippen molar-refractivity contribution in [3.8, 4) is 0 Å². The quantitative estimate of drug-likeness (QED) is 0.673. The summed E-state index contributed by atoms with van der Waals surface area (Å²) in [6.07, 6.45) is 3.05. The summed E-state index contributed by atoms with van der Waals surface area (Å²) in [7, 11) is 0. The number of benzene rings is 1. The second kappa shape index (κ2) is 5.64. The predicted molar refractivity (Wildman–Crippen MR) is 56.8 cm³/mol. The molecule has 0 atom stereocenters. The van der Waals surface area contributed by atoms with Crippen molar-refractivity contribution in [3.05, 3.63) is 42.6 Å². The van der Waals surface area contributed by atoms with E-state index in [2.05, 4.69) is 10.6 Å². The minimum absolute atomic E-state index is 0.241. The molecule has 0 aliphatic carbocycles. The van der Waals surface area contributed by atoms with Crippen molar-refractivity contribution in [1.29, 1.82) is 0 Å². The molecule has 2 amide bonds. The van der Waals surface area contributed by atoms with Crippen LogP contribution < -0.4 is 16.4 Å². The van der Waals surface area contributed by atoms with Gasteiger partial charge in [-0.1, -0.05) is 18.2 Å². The molecule has 4 heteroatoms. The molecule has 1 aromatic rings. The fourth-order valence-corrected chi connectivity index (χ4v) is 0.916. The molecule has 0 unspecified atom stereocenters. The molecular weight excluding hydrogens is 178 g/mol.